The van der Waals surface area contributed by atoms with E-state index < -0.39 is 34.2 Å². The van der Waals surface area contributed by atoms with Crippen LogP contribution in [0.15, 0.2) is 48.5 Å². The number of nitrogens with one attached hydrogen (secondary N) is 2. The number of rotatable bonds is 9. The summed E-state index contributed by atoms with van der Waals surface area (Å²) in [5.41, 5.74) is 3.36. The number of aliphatic hydroxyl groups is 2. The molecule has 2 aromatic carbocycles. The van der Waals surface area contributed by atoms with E-state index in [1.807, 2.05) is 30.3 Å². The van der Waals surface area contributed by atoms with Gasteiger partial charge in [-0.05, 0) is 77.8 Å². The average Bonchev–Trinajstić information content (AvgIpc) is 3.27. The van der Waals surface area contributed by atoms with E-state index in [0.29, 0.717) is 28.9 Å². The Labute approximate surface area is 243 Å². The molecular formula is C31H43N3O6S. The molecule has 10 heteroatoms. The fourth-order valence-electron chi connectivity index (χ4n) is 7.49. The number of benzene rings is 2. The molecule has 6 rings (SSSR count). The number of nitrogens with zero attached hydrogens (tertiary/aromatic N) is 1. The van der Waals surface area contributed by atoms with E-state index >= 15 is 0 Å². The van der Waals surface area contributed by atoms with Crippen molar-refractivity contribution in [1.29, 1.82) is 0 Å². The molecule has 8 atom stereocenters. The summed E-state index contributed by atoms with van der Waals surface area (Å²) < 4.78 is 25.9. The molecule has 1 amide bonds. The largest absolute Gasteiger partial charge is 0.394 e. The van der Waals surface area contributed by atoms with Crippen LogP contribution in [-0.2, 0) is 26.2 Å². The fourth-order valence-corrected chi connectivity index (χ4v) is 8.04. The van der Waals surface area contributed by atoms with Crippen molar-refractivity contribution < 1.29 is 28.3 Å². The van der Waals surface area contributed by atoms with E-state index in [4.69, 9.17) is 4.84 Å². The van der Waals surface area contributed by atoms with Crippen molar-refractivity contribution in [3.05, 3.63) is 54.1 Å². The van der Waals surface area contributed by atoms with Crippen molar-refractivity contribution in [2.24, 2.45) is 29.1 Å². The number of carbonyl (C=O) groups excluding carboxylic acids is 1. The minimum Gasteiger partial charge on any atom is -0.394 e. The summed E-state index contributed by atoms with van der Waals surface area (Å²) in [5, 5.41) is 25.7. The third kappa shape index (κ3) is 6.03. The summed E-state index contributed by atoms with van der Waals surface area (Å²) in [4.78, 5) is 20.0. The highest BCUT2D eigenvalue weighted by molar-refractivity contribution is 7.92. The van der Waals surface area contributed by atoms with Crippen LogP contribution in [0.5, 0.6) is 0 Å². The van der Waals surface area contributed by atoms with E-state index in [0.717, 1.165) is 29.4 Å². The molecule has 1 heterocycles. The van der Waals surface area contributed by atoms with E-state index in [1.54, 1.807) is 30.2 Å². The highest BCUT2D eigenvalue weighted by Crippen LogP contribution is 2.61. The molecule has 2 bridgehead atoms. The predicted molar refractivity (Wildman–Crippen MR) is 158 cm³/mol. The number of amides is 1. The van der Waals surface area contributed by atoms with Crippen LogP contribution in [0.2, 0.25) is 0 Å². The van der Waals surface area contributed by atoms with Crippen LogP contribution in [0.25, 0.3) is 11.1 Å². The second-order valence-electron chi connectivity index (χ2n) is 12.9. The maximum absolute atomic E-state index is 13.9. The van der Waals surface area contributed by atoms with Gasteiger partial charge in [0.25, 0.3) is 0 Å². The van der Waals surface area contributed by atoms with Gasteiger partial charge in [0.1, 0.15) is 12.1 Å². The van der Waals surface area contributed by atoms with Gasteiger partial charge >= 0.3 is 0 Å². The van der Waals surface area contributed by atoms with Gasteiger partial charge in [-0.15, -0.1) is 0 Å². The van der Waals surface area contributed by atoms with Gasteiger partial charge in [-0.2, -0.15) is 5.06 Å². The minimum absolute atomic E-state index is 0.0695. The molecule has 4 aliphatic rings. The number of carbonyl (C=O) groups is 1. The summed E-state index contributed by atoms with van der Waals surface area (Å²) in [6.45, 7) is 8.48. The Hall–Kier alpha value is -2.50. The number of anilines is 1. The second-order valence-corrected chi connectivity index (χ2v) is 14.6. The number of aliphatic hydroxyl groups excluding tert-OH is 2. The molecule has 0 aromatic heterocycles. The molecule has 224 valence electrons. The molecule has 4 N–H and O–H groups in total. The van der Waals surface area contributed by atoms with Crippen LogP contribution < -0.4 is 10.0 Å². The van der Waals surface area contributed by atoms with Crippen LogP contribution in [-0.4, -0.2) is 66.8 Å². The van der Waals surface area contributed by atoms with Crippen LogP contribution >= 0.6 is 0 Å². The third-order valence-corrected chi connectivity index (χ3v) is 10.4. The lowest BCUT2D eigenvalue weighted by Gasteiger charge is -2.62. The Morgan fingerprint density at radius 3 is 2.44 bits per heavy atom. The summed E-state index contributed by atoms with van der Waals surface area (Å²) in [6, 6.07) is 14.2. The number of hydrogen-bond donors (Lipinski definition) is 4. The summed E-state index contributed by atoms with van der Waals surface area (Å²) in [5.74, 6) is 0.758. The standard InChI is InChI=1S/C31H43N3O6S/c1-18-25-14-23(31(25,3)4)15-26(18)32-30(37)29-28(19(2)36)27(17-35)40-34(29)16-20-8-6-9-21(12-20)22-10-7-11-24(13-22)33-41(5,38)39/h6-13,18-19,23,25-29,33,35-36H,14-17H2,1-5H3,(H,32,37)/t18-,19-,23-,25+,26?,27-,28+,29-/m0/s1. The quantitative estimate of drug-likeness (QED) is 0.355. The van der Waals surface area contributed by atoms with E-state index in [9.17, 15) is 23.4 Å². The fraction of sp³-hybridized carbons (Fsp3) is 0.581. The first kappa shape index (κ1) is 30.0. The van der Waals surface area contributed by atoms with Crippen molar-refractivity contribution >= 4 is 21.6 Å². The molecule has 1 unspecified atom stereocenters. The highest BCUT2D eigenvalue weighted by atomic mass is 32.2. The molecule has 1 saturated heterocycles. The lowest BCUT2D eigenvalue weighted by molar-refractivity contribution is -0.183. The van der Waals surface area contributed by atoms with Gasteiger partial charge in [0.15, 0.2) is 0 Å². The molecule has 0 radical (unpaired) electrons. The molecule has 0 spiro atoms. The number of fused-ring (bicyclic) bond motifs is 2. The first-order valence-corrected chi connectivity index (χ1v) is 16.4. The van der Waals surface area contributed by atoms with Gasteiger partial charge in [0.2, 0.25) is 15.9 Å². The van der Waals surface area contributed by atoms with Crippen LogP contribution in [0.3, 0.4) is 0 Å². The third-order valence-electron chi connectivity index (χ3n) is 9.83. The molecule has 9 nitrogen and oxygen atoms in total. The maximum Gasteiger partial charge on any atom is 0.240 e. The van der Waals surface area contributed by atoms with Crippen molar-refractivity contribution in [1.82, 2.24) is 10.4 Å². The van der Waals surface area contributed by atoms with Crippen LogP contribution in [0.4, 0.5) is 5.69 Å². The Kier molecular flexibility index (Phi) is 8.26. The number of sulfonamides is 1. The summed E-state index contributed by atoms with van der Waals surface area (Å²) in [7, 11) is -3.41. The Bertz CT molecular complexity index is 1380. The second kappa shape index (κ2) is 11.3. The smallest absolute Gasteiger partial charge is 0.240 e. The van der Waals surface area contributed by atoms with Crippen molar-refractivity contribution in [2.45, 2.75) is 71.4 Å². The minimum atomic E-state index is -3.41. The predicted octanol–water partition coefficient (Wildman–Crippen LogP) is 3.39. The highest BCUT2D eigenvalue weighted by Gasteiger charge is 2.57. The normalized spacial score (nSPS) is 31.7. The Morgan fingerprint density at radius 2 is 1.83 bits per heavy atom. The van der Waals surface area contributed by atoms with Gasteiger partial charge in [-0.1, -0.05) is 51.1 Å². The van der Waals surface area contributed by atoms with E-state index in [-0.39, 0.29) is 25.1 Å². The molecular weight excluding hydrogens is 542 g/mol. The van der Waals surface area contributed by atoms with Crippen LogP contribution in [0, 0.1) is 29.1 Å². The Balaban J connectivity index is 1.36. The van der Waals surface area contributed by atoms with Gasteiger partial charge in [0, 0.05) is 17.6 Å². The number of hydroxylamine groups is 2. The first-order valence-electron chi connectivity index (χ1n) is 14.5. The van der Waals surface area contributed by atoms with Crippen molar-refractivity contribution in [3.63, 3.8) is 0 Å². The van der Waals surface area contributed by atoms with Gasteiger partial charge in [-0.25, -0.2) is 8.42 Å². The molecule has 1 aliphatic heterocycles. The molecule has 41 heavy (non-hydrogen) atoms. The van der Waals surface area contributed by atoms with E-state index in [1.165, 1.54) is 6.42 Å². The number of hydrogen-bond acceptors (Lipinski definition) is 7. The average molecular weight is 586 g/mol. The maximum atomic E-state index is 13.9. The van der Waals surface area contributed by atoms with Crippen molar-refractivity contribution in [3.8, 4) is 11.1 Å². The van der Waals surface area contributed by atoms with Crippen LogP contribution in [0.1, 0.15) is 46.1 Å². The van der Waals surface area contributed by atoms with Gasteiger partial charge in [0.05, 0.1) is 25.5 Å². The zero-order chi connectivity index (χ0) is 29.7. The molecule has 3 aliphatic carbocycles. The Morgan fingerprint density at radius 1 is 1.15 bits per heavy atom. The van der Waals surface area contributed by atoms with E-state index in [2.05, 4.69) is 30.8 Å². The lowest BCUT2D eigenvalue weighted by atomic mass is 9.45. The topological polar surface area (TPSA) is 128 Å². The monoisotopic (exact) mass is 585 g/mol. The zero-order valence-corrected chi connectivity index (χ0v) is 25.3. The van der Waals surface area contributed by atoms with Gasteiger partial charge < -0.3 is 15.5 Å². The molecule has 2 aromatic rings. The van der Waals surface area contributed by atoms with Gasteiger partial charge in [-0.3, -0.25) is 14.4 Å². The molecule has 4 fully saturated rings. The lowest BCUT2D eigenvalue weighted by Crippen LogP contribution is -2.62. The zero-order valence-electron chi connectivity index (χ0n) is 24.4. The molecule has 3 saturated carbocycles. The first-order chi connectivity index (χ1) is 19.3. The summed E-state index contributed by atoms with van der Waals surface area (Å²) >= 11 is 0. The summed E-state index contributed by atoms with van der Waals surface area (Å²) in [6.07, 6.45) is 1.71. The SMILES string of the molecule is C[C@H](O)[C@@H]1[C@H](CO)ON(Cc2cccc(-c3cccc(NS(C)(=O)=O)c3)c2)[C@@H]1C(=O)NC1C[C@@H]2C[C@H]([C@@H]1C)C2(C)C. The van der Waals surface area contributed by atoms with Crippen molar-refractivity contribution in [2.75, 3.05) is 17.6 Å².